The fourth-order valence-corrected chi connectivity index (χ4v) is 3.21. The maximum atomic E-state index is 12.0. The fraction of sp³-hybridized carbons (Fsp3) is 0.211. The van der Waals surface area contributed by atoms with Crippen molar-refractivity contribution in [2.75, 3.05) is 25.7 Å². The van der Waals surface area contributed by atoms with Crippen molar-refractivity contribution in [1.29, 1.82) is 0 Å². The minimum absolute atomic E-state index is 0.0439. The molecule has 0 saturated carbocycles. The standard InChI is InChI=1S/C19H20N2O3S/c1-23-16-9-5-10-17(13-16)24-12-6-11-20-21-19(22)14-18(25-21)15-7-3-2-4-8-15/h2-5,7-10,13-14,20H,6,11-12H2,1H3. The van der Waals surface area contributed by atoms with Crippen LogP contribution in [0.3, 0.4) is 0 Å². The highest BCUT2D eigenvalue weighted by Crippen LogP contribution is 2.21. The lowest BCUT2D eigenvalue weighted by Crippen LogP contribution is -2.24. The summed E-state index contributed by atoms with van der Waals surface area (Å²) in [6.07, 6.45) is 0.780. The van der Waals surface area contributed by atoms with Gasteiger partial charge >= 0.3 is 0 Å². The fourth-order valence-electron chi connectivity index (χ4n) is 2.32. The molecule has 0 aliphatic carbocycles. The number of hydrogen-bond donors (Lipinski definition) is 1. The number of methoxy groups -OCH3 is 1. The van der Waals surface area contributed by atoms with Gasteiger partial charge < -0.3 is 14.9 Å². The molecule has 0 unspecified atom stereocenters. The highest BCUT2D eigenvalue weighted by atomic mass is 32.1. The van der Waals surface area contributed by atoms with Crippen molar-refractivity contribution in [3.63, 3.8) is 0 Å². The van der Waals surface area contributed by atoms with E-state index in [0.29, 0.717) is 13.2 Å². The largest absolute Gasteiger partial charge is 0.497 e. The van der Waals surface area contributed by atoms with Gasteiger partial charge in [-0.3, -0.25) is 4.79 Å². The van der Waals surface area contributed by atoms with Crippen LogP contribution >= 0.6 is 11.5 Å². The van der Waals surface area contributed by atoms with E-state index in [-0.39, 0.29) is 5.56 Å². The number of aromatic nitrogens is 1. The van der Waals surface area contributed by atoms with Gasteiger partial charge in [0.05, 0.1) is 18.6 Å². The molecule has 5 nitrogen and oxygen atoms in total. The molecular weight excluding hydrogens is 336 g/mol. The first-order valence-electron chi connectivity index (χ1n) is 8.06. The van der Waals surface area contributed by atoms with Gasteiger partial charge in [-0.1, -0.05) is 36.4 Å². The third kappa shape index (κ3) is 4.64. The molecule has 0 aliphatic heterocycles. The van der Waals surface area contributed by atoms with E-state index >= 15 is 0 Å². The summed E-state index contributed by atoms with van der Waals surface area (Å²) in [6, 6.07) is 19.1. The number of nitrogens with one attached hydrogen (secondary N) is 1. The Morgan fingerprint density at radius 2 is 1.84 bits per heavy atom. The van der Waals surface area contributed by atoms with E-state index in [0.717, 1.165) is 28.4 Å². The lowest BCUT2D eigenvalue weighted by atomic mass is 10.2. The predicted molar refractivity (Wildman–Crippen MR) is 101 cm³/mol. The van der Waals surface area contributed by atoms with Gasteiger partial charge in [0.25, 0.3) is 5.56 Å². The SMILES string of the molecule is COc1cccc(OCCCNn2sc(-c3ccccc3)cc2=O)c1. The molecule has 3 rings (SSSR count). The minimum Gasteiger partial charge on any atom is -0.497 e. The zero-order chi connectivity index (χ0) is 17.5. The highest BCUT2D eigenvalue weighted by molar-refractivity contribution is 7.10. The summed E-state index contributed by atoms with van der Waals surface area (Å²) in [5.74, 6) is 1.55. The topological polar surface area (TPSA) is 52.5 Å². The van der Waals surface area contributed by atoms with Crippen LogP contribution in [0.4, 0.5) is 0 Å². The molecule has 1 aromatic heterocycles. The maximum absolute atomic E-state index is 12.0. The quantitative estimate of drug-likeness (QED) is 0.627. The van der Waals surface area contributed by atoms with E-state index < -0.39 is 0 Å². The smallest absolute Gasteiger partial charge is 0.280 e. The Morgan fingerprint density at radius 3 is 2.64 bits per heavy atom. The normalized spacial score (nSPS) is 10.4. The first-order chi connectivity index (χ1) is 12.3. The Morgan fingerprint density at radius 1 is 1.04 bits per heavy atom. The van der Waals surface area contributed by atoms with Crippen LogP contribution in [0, 0.1) is 0 Å². The number of rotatable bonds is 8. The molecule has 0 saturated heterocycles. The van der Waals surface area contributed by atoms with E-state index in [1.165, 1.54) is 11.5 Å². The molecule has 0 radical (unpaired) electrons. The molecule has 0 amide bonds. The summed E-state index contributed by atoms with van der Waals surface area (Å²) < 4.78 is 12.4. The van der Waals surface area contributed by atoms with Crippen LogP contribution in [-0.4, -0.2) is 24.3 Å². The molecule has 0 spiro atoms. The number of benzene rings is 2. The van der Waals surface area contributed by atoms with Crippen molar-refractivity contribution in [1.82, 2.24) is 4.07 Å². The molecule has 25 heavy (non-hydrogen) atoms. The van der Waals surface area contributed by atoms with Crippen molar-refractivity contribution < 1.29 is 9.47 Å². The van der Waals surface area contributed by atoms with Crippen LogP contribution in [0.2, 0.25) is 0 Å². The van der Waals surface area contributed by atoms with Crippen LogP contribution in [0.5, 0.6) is 11.5 Å². The summed E-state index contributed by atoms with van der Waals surface area (Å²) in [7, 11) is 1.63. The van der Waals surface area contributed by atoms with Crippen LogP contribution in [0.15, 0.2) is 65.5 Å². The van der Waals surface area contributed by atoms with Gasteiger partial charge in [0.1, 0.15) is 11.5 Å². The van der Waals surface area contributed by atoms with Crippen molar-refractivity contribution in [3.8, 4) is 21.9 Å². The Labute approximate surface area is 150 Å². The molecule has 6 heteroatoms. The summed E-state index contributed by atoms with van der Waals surface area (Å²) >= 11 is 1.41. The van der Waals surface area contributed by atoms with Crippen LogP contribution in [0.1, 0.15) is 6.42 Å². The Bertz CT molecular complexity index is 858. The van der Waals surface area contributed by atoms with Gasteiger partial charge in [-0.2, -0.15) is 4.07 Å². The zero-order valence-corrected chi connectivity index (χ0v) is 14.8. The molecular formula is C19H20N2O3S. The molecule has 0 fully saturated rings. The van der Waals surface area contributed by atoms with Crippen molar-refractivity contribution in [2.45, 2.75) is 6.42 Å². The van der Waals surface area contributed by atoms with Gasteiger partial charge in [0.2, 0.25) is 0 Å². The molecule has 2 aromatic carbocycles. The van der Waals surface area contributed by atoms with Gasteiger partial charge in [0.15, 0.2) is 0 Å². The van der Waals surface area contributed by atoms with Crippen molar-refractivity contribution in [2.24, 2.45) is 0 Å². The number of nitrogens with zero attached hydrogens (tertiary/aromatic N) is 1. The Kier molecular flexibility index (Phi) is 5.74. The maximum Gasteiger partial charge on any atom is 0.280 e. The Hall–Kier alpha value is -2.73. The summed E-state index contributed by atoms with van der Waals surface area (Å²) in [5, 5.41) is 0. The average molecular weight is 356 g/mol. The van der Waals surface area contributed by atoms with Crippen LogP contribution in [-0.2, 0) is 0 Å². The molecule has 130 valence electrons. The molecule has 0 aliphatic rings. The monoisotopic (exact) mass is 356 g/mol. The first-order valence-corrected chi connectivity index (χ1v) is 8.83. The van der Waals surface area contributed by atoms with E-state index in [4.69, 9.17) is 9.47 Å². The second-order valence-corrected chi connectivity index (χ2v) is 6.38. The van der Waals surface area contributed by atoms with Gasteiger partial charge in [-0.25, -0.2) is 0 Å². The first kappa shape index (κ1) is 17.1. The van der Waals surface area contributed by atoms with Crippen LogP contribution < -0.4 is 20.5 Å². The summed E-state index contributed by atoms with van der Waals surface area (Å²) in [5.41, 5.74) is 4.13. The highest BCUT2D eigenvalue weighted by Gasteiger charge is 2.05. The molecule has 0 bridgehead atoms. The van der Waals surface area contributed by atoms with E-state index in [1.807, 2.05) is 54.6 Å². The van der Waals surface area contributed by atoms with Gasteiger partial charge in [-0.15, -0.1) is 0 Å². The second kappa shape index (κ2) is 8.39. The zero-order valence-electron chi connectivity index (χ0n) is 14.0. The third-order valence-corrected chi connectivity index (χ3v) is 4.63. The van der Waals surface area contributed by atoms with Crippen molar-refractivity contribution in [3.05, 3.63) is 71.0 Å². The molecule has 1 heterocycles. The van der Waals surface area contributed by atoms with Gasteiger partial charge in [0, 0.05) is 25.1 Å². The van der Waals surface area contributed by atoms with E-state index in [2.05, 4.69) is 5.43 Å². The molecule has 3 aromatic rings. The van der Waals surface area contributed by atoms with E-state index in [1.54, 1.807) is 17.2 Å². The van der Waals surface area contributed by atoms with Gasteiger partial charge in [-0.05, 0) is 29.2 Å². The third-order valence-electron chi connectivity index (χ3n) is 3.59. The number of ether oxygens (including phenoxy) is 2. The van der Waals surface area contributed by atoms with E-state index in [9.17, 15) is 4.79 Å². The van der Waals surface area contributed by atoms with Crippen molar-refractivity contribution >= 4 is 11.5 Å². The molecule has 1 N–H and O–H groups in total. The lowest BCUT2D eigenvalue weighted by molar-refractivity contribution is 0.311. The Balaban J connectivity index is 1.48. The summed E-state index contributed by atoms with van der Waals surface area (Å²) in [6.45, 7) is 1.21. The predicted octanol–water partition coefficient (Wildman–Crippen LogP) is 3.60. The molecule has 0 atom stereocenters. The minimum atomic E-state index is -0.0439. The lowest BCUT2D eigenvalue weighted by Gasteiger charge is -2.08. The number of hydrogen-bond acceptors (Lipinski definition) is 5. The second-order valence-electron chi connectivity index (χ2n) is 5.39. The average Bonchev–Trinajstić information content (AvgIpc) is 3.03. The summed E-state index contributed by atoms with van der Waals surface area (Å²) in [4.78, 5) is 13.0. The van der Waals surface area contributed by atoms with Crippen LogP contribution in [0.25, 0.3) is 10.4 Å².